The van der Waals surface area contributed by atoms with Crippen LogP contribution in [-0.4, -0.2) is 31.0 Å². The molecule has 1 aliphatic rings. The Morgan fingerprint density at radius 1 is 1.50 bits per heavy atom. The molecule has 0 amide bonds. The minimum atomic E-state index is 0.204. The highest BCUT2D eigenvalue weighted by Gasteiger charge is 2.21. The number of aliphatic hydroxyl groups excluding tert-OH is 1. The van der Waals surface area contributed by atoms with Gasteiger partial charge in [-0.25, -0.2) is 0 Å². The standard InChI is InChI=1S/C16H25NO3/c1-4-19-15-6-13-5-12(3)20-16(13)7-14(15)9-17-8-11(2)10-18/h6-7,11-12,17-18H,4-5,8-10H2,1-3H3. The van der Waals surface area contributed by atoms with Crippen molar-refractivity contribution in [3.8, 4) is 11.5 Å². The molecule has 0 spiro atoms. The largest absolute Gasteiger partial charge is 0.494 e. The highest BCUT2D eigenvalue weighted by molar-refractivity contribution is 5.48. The molecule has 0 bridgehead atoms. The Morgan fingerprint density at radius 3 is 3.00 bits per heavy atom. The summed E-state index contributed by atoms with van der Waals surface area (Å²) in [5, 5.41) is 12.4. The summed E-state index contributed by atoms with van der Waals surface area (Å²) in [6.07, 6.45) is 1.20. The van der Waals surface area contributed by atoms with Crippen LogP contribution in [0.5, 0.6) is 11.5 Å². The van der Waals surface area contributed by atoms with Gasteiger partial charge in [0.25, 0.3) is 0 Å². The second-order valence-corrected chi connectivity index (χ2v) is 5.55. The maximum atomic E-state index is 9.04. The number of nitrogens with one attached hydrogen (secondary N) is 1. The fourth-order valence-electron chi connectivity index (χ4n) is 2.43. The lowest BCUT2D eigenvalue weighted by atomic mass is 10.1. The van der Waals surface area contributed by atoms with Crippen molar-refractivity contribution in [3.63, 3.8) is 0 Å². The SMILES string of the molecule is CCOc1cc2c(cc1CNCC(C)CO)OC(C)C2. The molecule has 112 valence electrons. The van der Waals surface area contributed by atoms with Gasteiger partial charge < -0.3 is 19.9 Å². The van der Waals surface area contributed by atoms with E-state index >= 15 is 0 Å². The van der Waals surface area contributed by atoms with Crippen LogP contribution in [0, 0.1) is 5.92 Å². The van der Waals surface area contributed by atoms with Gasteiger partial charge >= 0.3 is 0 Å². The summed E-state index contributed by atoms with van der Waals surface area (Å²) < 4.78 is 11.5. The highest BCUT2D eigenvalue weighted by Crippen LogP contribution is 2.35. The van der Waals surface area contributed by atoms with Crippen LogP contribution < -0.4 is 14.8 Å². The van der Waals surface area contributed by atoms with Gasteiger partial charge in [0.15, 0.2) is 0 Å². The van der Waals surface area contributed by atoms with E-state index in [-0.39, 0.29) is 18.6 Å². The molecule has 0 radical (unpaired) electrons. The monoisotopic (exact) mass is 279 g/mol. The second-order valence-electron chi connectivity index (χ2n) is 5.55. The van der Waals surface area contributed by atoms with Gasteiger partial charge in [0.1, 0.15) is 17.6 Å². The summed E-state index contributed by atoms with van der Waals surface area (Å²) in [4.78, 5) is 0. The number of rotatable bonds is 7. The predicted octanol–water partition coefficient (Wildman–Crippen LogP) is 2.13. The van der Waals surface area contributed by atoms with Crippen molar-refractivity contribution in [1.29, 1.82) is 0 Å². The Kier molecular flexibility index (Phi) is 5.26. The zero-order chi connectivity index (χ0) is 14.5. The van der Waals surface area contributed by atoms with Crippen molar-refractivity contribution in [1.82, 2.24) is 5.32 Å². The lowest BCUT2D eigenvalue weighted by Crippen LogP contribution is -2.23. The number of aliphatic hydroxyl groups is 1. The molecule has 2 unspecified atom stereocenters. The van der Waals surface area contributed by atoms with E-state index in [0.29, 0.717) is 6.61 Å². The summed E-state index contributed by atoms with van der Waals surface area (Å²) in [5.74, 6) is 2.18. The van der Waals surface area contributed by atoms with Crippen LogP contribution in [0.15, 0.2) is 12.1 Å². The first-order chi connectivity index (χ1) is 9.63. The molecule has 1 aromatic rings. The zero-order valence-corrected chi connectivity index (χ0v) is 12.6. The van der Waals surface area contributed by atoms with Crippen molar-refractivity contribution in [3.05, 3.63) is 23.3 Å². The van der Waals surface area contributed by atoms with E-state index < -0.39 is 0 Å². The van der Waals surface area contributed by atoms with Crippen LogP contribution in [0.4, 0.5) is 0 Å². The van der Waals surface area contributed by atoms with E-state index in [1.54, 1.807) is 0 Å². The Hall–Kier alpha value is -1.26. The molecule has 0 aliphatic carbocycles. The molecule has 0 saturated carbocycles. The van der Waals surface area contributed by atoms with Crippen LogP contribution >= 0.6 is 0 Å². The number of fused-ring (bicyclic) bond motifs is 1. The maximum Gasteiger partial charge on any atom is 0.124 e. The third-order valence-electron chi connectivity index (χ3n) is 3.50. The molecular formula is C16H25NO3. The normalized spacial score (nSPS) is 18.5. The van der Waals surface area contributed by atoms with Crippen LogP contribution in [-0.2, 0) is 13.0 Å². The Labute approximate surface area is 121 Å². The summed E-state index contributed by atoms with van der Waals surface area (Å²) in [7, 11) is 0. The molecule has 4 heteroatoms. The maximum absolute atomic E-state index is 9.04. The molecule has 2 rings (SSSR count). The van der Waals surface area contributed by atoms with E-state index in [0.717, 1.165) is 36.6 Å². The van der Waals surface area contributed by atoms with Gasteiger partial charge in [-0.05, 0) is 31.9 Å². The average molecular weight is 279 g/mol. The zero-order valence-electron chi connectivity index (χ0n) is 12.6. The fourth-order valence-corrected chi connectivity index (χ4v) is 2.43. The van der Waals surface area contributed by atoms with Crippen LogP contribution in [0.2, 0.25) is 0 Å². The molecule has 2 atom stereocenters. The van der Waals surface area contributed by atoms with Gasteiger partial charge in [0, 0.05) is 37.2 Å². The Balaban J connectivity index is 2.08. The predicted molar refractivity (Wildman–Crippen MR) is 79.4 cm³/mol. The molecule has 1 aromatic carbocycles. The number of hydrogen-bond acceptors (Lipinski definition) is 4. The molecule has 20 heavy (non-hydrogen) atoms. The lowest BCUT2D eigenvalue weighted by molar-refractivity contribution is 0.233. The number of benzene rings is 1. The second kappa shape index (κ2) is 6.95. The van der Waals surface area contributed by atoms with Crippen molar-refractivity contribution in [2.75, 3.05) is 19.8 Å². The van der Waals surface area contributed by atoms with Crippen molar-refractivity contribution in [2.45, 2.75) is 39.8 Å². The van der Waals surface area contributed by atoms with E-state index in [1.807, 2.05) is 13.8 Å². The molecule has 0 saturated heterocycles. The van der Waals surface area contributed by atoms with Gasteiger partial charge in [-0.3, -0.25) is 0 Å². The number of hydrogen-bond donors (Lipinski definition) is 2. The summed E-state index contributed by atoms with van der Waals surface area (Å²) in [6, 6.07) is 4.19. The van der Waals surface area contributed by atoms with E-state index in [2.05, 4.69) is 24.4 Å². The van der Waals surface area contributed by atoms with Gasteiger partial charge in [0.05, 0.1) is 6.61 Å². The van der Waals surface area contributed by atoms with Crippen LogP contribution in [0.1, 0.15) is 31.9 Å². The smallest absolute Gasteiger partial charge is 0.124 e. The van der Waals surface area contributed by atoms with E-state index in [1.165, 1.54) is 5.56 Å². The fraction of sp³-hybridized carbons (Fsp3) is 0.625. The molecule has 2 N–H and O–H groups in total. The van der Waals surface area contributed by atoms with Gasteiger partial charge in [-0.1, -0.05) is 6.92 Å². The first-order valence-corrected chi connectivity index (χ1v) is 7.40. The van der Waals surface area contributed by atoms with Gasteiger partial charge in [-0.15, -0.1) is 0 Å². The first-order valence-electron chi connectivity index (χ1n) is 7.40. The van der Waals surface area contributed by atoms with Gasteiger partial charge in [0.2, 0.25) is 0 Å². The molecular weight excluding hydrogens is 254 g/mol. The van der Waals surface area contributed by atoms with Crippen LogP contribution in [0.25, 0.3) is 0 Å². The molecule has 0 aromatic heterocycles. The molecule has 1 aliphatic heterocycles. The number of ether oxygens (including phenoxy) is 2. The average Bonchev–Trinajstić information content (AvgIpc) is 2.78. The third kappa shape index (κ3) is 3.64. The topological polar surface area (TPSA) is 50.7 Å². The Morgan fingerprint density at radius 2 is 2.30 bits per heavy atom. The minimum absolute atomic E-state index is 0.204. The Bertz CT molecular complexity index is 448. The van der Waals surface area contributed by atoms with Crippen LogP contribution in [0.3, 0.4) is 0 Å². The first kappa shape index (κ1) is 15.1. The molecule has 1 heterocycles. The van der Waals surface area contributed by atoms with Gasteiger partial charge in [-0.2, -0.15) is 0 Å². The molecule has 4 nitrogen and oxygen atoms in total. The van der Waals surface area contributed by atoms with Crippen molar-refractivity contribution in [2.24, 2.45) is 5.92 Å². The van der Waals surface area contributed by atoms with Crippen molar-refractivity contribution >= 4 is 0 Å². The van der Waals surface area contributed by atoms with E-state index in [4.69, 9.17) is 14.6 Å². The third-order valence-corrected chi connectivity index (χ3v) is 3.50. The quantitative estimate of drug-likeness (QED) is 0.803. The highest BCUT2D eigenvalue weighted by atomic mass is 16.5. The summed E-state index contributed by atoms with van der Waals surface area (Å²) >= 11 is 0. The molecule has 0 fully saturated rings. The summed E-state index contributed by atoms with van der Waals surface area (Å²) in [6.45, 7) is 8.48. The summed E-state index contributed by atoms with van der Waals surface area (Å²) in [5.41, 5.74) is 2.35. The van der Waals surface area contributed by atoms with E-state index in [9.17, 15) is 0 Å². The van der Waals surface area contributed by atoms with Crippen molar-refractivity contribution < 1.29 is 14.6 Å². The lowest BCUT2D eigenvalue weighted by Gasteiger charge is -2.14. The minimum Gasteiger partial charge on any atom is -0.494 e.